The number of hydrogen-bond donors (Lipinski definition) is 0. The van der Waals surface area contributed by atoms with Crippen molar-refractivity contribution in [3.63, 3.8) is 0 Å². The van der Waals surface area contributed by atoms with E-state index in [9.17, 15) is 0 Å². The summed E-state index contributed by atoms with van der Waals surface area (Å²) >= 11 is -4.01. The Bertz CT molecular complexity index is 124. The molecule has 0 aromatic carbocycles. The van der Waals surface area contributed by atoms with Gasteiger partial charge in [0.05, 0.1) is 26.2 Å². The van der Waals surface area contributed by atoms with Crippen molar-refractivity contribution in [2.24, 2.45) is 0 Å². The van der Waals surface area contributed by atoms with Crippen LogP contribution in [0, 0.1) is 0 Å². The molecule has 0 bridgehead atoms. The Morgan fingerprint density at radius 2 is 0.824 bits per heavy atom. The average molecular weight is 361 g/mol. The van der Waals surface area contributed by atoms with Crippen molar-refractivity contribution in [2.45, 2.75) is 53.4 Å². The molecule has 0 rings (SSSR count). The van der Waals surface area contributed by atoms with Crippen LogP contribution >= 0.6 is 0 Å². The van der Waals surface area contributed by atoms with Crippen molar-refractivity contribution in [3.8, 4) is 0 Å². The molecule has 0 aliphatic rings. The summed E-state index contributed by atoms with van der Waals surface area (Å²) in [5.41, 5.74) is 0. The molecule has 0 heterocycles. The van der Waals surface area contributed by atoms with E-state index in [2.05, 4.69) is 27.7 Å². The lowest BCUT2D eigenvalue weighted by atomic mass is 10.2. The molecule has 0 radical (unpaired) electrons. The fraction of sp³-hybridized carbons (Fsp3) is 1.00. The SMILES string of the molecule is CCC[N+](CCC)(CCC)CCC.[O-][I+2]([O-])[O-]. The van der Waals surface area contributed by atoms with Crippen LogP contribution in [0.25, 0.3) is 0 Å². The number of rotatable bonds is 8. The Morgan fingerprint density at radius 1 is 0.647 bits per heavy atom. The molecule has 0 aliphatic carbocycles. The van der Waals surface area contributed by atoms with E-state index in [1.165, 1.54) is 56.3 Å². The molecule has 0 saturated heterocycles. The van der Waals surface area contributed by atoms with Crippen molar-refractivity contribution in [1.29, 1.82) is 0 Å². The van der Waals surface area contributed by atoms with Gasteiger partial charge in [-0.2, -0.15) is 0 Å². The summed E-state index contributed by atoms with van der Waals surface area (Å²) in [6.45, 7) is 14.8. The number of nitrogens with zero attached hydrogens (tertiary/aromatic N) is 1. The summed E-state index contributed by atoms with van der Waals surface area (Å²) < 4.78 is 27.1. The molecule has 4 nitrogen and oxygen atoms in total. The zero-order valence-corrected chi connectivity index (χ0v) is 13.9. The summed E-state index contributed by atoms with van der Waals surface area (Å²) in [5, 5.41) is 0. The zero-order chi connectivity index (χ0) is 13.7. The van der Waals surface area contributed by atoms with E-state index >= 15 is 0 Å². The minimum absolute atomic E-state index is 1.33. The van der Waals surface area contributed by atoms with Crippen LogP contribution in [0.4, 0.5) is 0 Å². The molecular formula is C12H28INO3. The maximum absolute atomic E-state index is 8.57. The van der Waals surface area contributed by atoms with Crippen LogP contribution < -0.4 is 31.4 Å². The Kier molecular flexibility index (Phi) is 15.2. The van der Waals surface area contributed by atoms with Crippen molar-refractivity contribution in [3.05, 3.63) is 0 Å². The summed E-state index contributed by atoms with van der Waals surface area (Å²) in [7, 11) is 0. The Hall–Kier alpha value is 0.570. The minimum Gasteiger partial charge on any atom is -0.427 e. The molecule has 0 saturated carbocycles. The average Bonchev–Trinajstić information content (AvgIpc) is 2.18. The van der Waals surface area contributed by atoms with Crippen LogP contribution in [-0.4, -0.2) is 30.7 Å². The Morgan fingerprint density at radius 3 is 0.941 bits per heavy atom. The third kappa shape index (κ3) is 12.8. The molecule has 0 aromatic rings. The van der Waals surface area contributed by atoms with Crippen LogP contribution in [0.3, 0.4) is 0 Å². The second-order valence-corrected chi connectivity index (χ2v) is 5.50. The lowest BCUT2D eigenvalue weighted by Crippen LogP contribution is -4.05. The van der Waals surface area contributed by atoms with Crippen molar-refractivity contribution >= 4 is 0 Å². The molecule has 17 heavy (non-hydrogen) atoms. The zero-order valence-electron chi connectivity index (χ0n) is 11.7. The number of quaternary nitrogens is 1. The third-order valence-corrected chi connectivity index (χ3v) is 2.79. The maximum atomic E-state index is 8.57. The van der Waals surface area contributed by atoms with Gasteiger partial charge in [0.1, 0.15) is 0 Å². The molecule has 0 fully saturated rings. The van der Waals surface area contributed by atoms with Crippen molar-refractivity contribution in [1.82, 2.24) is 0 Å². The number of halogens is 1. The standard InChI is InChI=1S/C12H28N.IO3/c1-5-9-13(10-6-2,11-7-3)12-8-4;2-1(3)4/h5-12H2,1-4H3;/q+1;-1. The first kappa shape index (κ1) is 19.9. The quantitative estimate of drug-likeness (QED) is 0.339. The first-order valence-electron chi connectivity index (χ1n) is 6.56. The normalized spacial score (nSPS) is 11.3. The smallest absolute Gasteiger partial charge is 0.282 e. The fourth-order valence-corrected chi connectivity index (χ4v) is 2.57. The van der Waals surface area contributed by atoms with Crippen molar-refractivity contribution in [2.75, 3.05) is 26.2 Å². The van der Waals surface area contributed by atoms with Crippen LogP contribution in [0.2, 0.25) is 0 Å². The molecule has 0 N–H and O–H groups in total. The summed E-state index contributed by atoms with van der Waals surface area (Å²) in [5.74, 6) is 0. The van der Waals surface area contributed by atoms with E-state index in [0.29, 0.717) is 0 Å². The molecule has 0 atom stereocenters. The predicted octanol–water partition coefficient (Wildman–Crippen LogP) is -3.12. The third-order valence-electron chi connectivity index (χ3n) is 2.79. The highest BCUT2D eigenvalue weighted by Crippen LogP contribution is 2.12. The summed E-state index contributed by atoms with van der Waals surface area (Å²) in [6, 6.07) is 0. The highest BCUT2D eigenvalue weighted by molar-refractivity contribution is 4.43. The molecular weight excluding hydrogens is 333 g/mol. The maximum Gasteiger partial charge on any atom is 0.282 e. The van der Waals surface area contributed by atoms with Crippen LogP contribution in [0.15, 0.2) is 0 Å². The first-order chi connectivity index (χ1) is 7.97. The highest BCUT2D eigenvalue weighted by atomic mass is 127. The lowest BCUT2D eigenvalue weighted by Gasteiger charge is -2.38. The van der Waals surface area contributed by atoms with E-state index in [1.54, 1.807) is 0 Å². The van der Waals surface area contributed by atoms with Gasteiger partial charge in [0.15, 0.2) is 0 Å². The molecule has 0 unspecified atom stereocenters. The summed E-state index contributed by atoms with van der Waals surface area (Å²) in [4.78, 5) is 0. The van der Waals surface area contributed by atoms with Gasteiger partial charge >= 0.3 is 0 Å². The molecule has 0 aromatic heterocycles. The van der Waals surface area contributed by atoms with Gasteiger partial charge in [0.25, 0.3) is 21.1 Å². The second kappa shape index (κ2) is 13.0. The van der Waals surface area contributed by atoms with Crippen LogP contribution in [0.1, 0.15) is 53.4 Å². The first-order valence-corrected chi connectivity index (χ1v) is 9.20. The topological polar surface area (TPSA) is 69.2 Å². The van der Waals surface area contributed by atoms with Crippen molar-refractivity contribution < 1.29 is 35.9 Å². The van der Waals surface area contributed by atoms with Gasteiger partial charge in [-0.3, -0.25) is 0 Å². The van der Waals surface area contributed by atoms with E-state index < -0.39 is 21.1 Å². The second-order valence-electron chi connectivity index (χ2n) is 4.43. The van der Waals surface area contributed by atoms with Gasteiger partial charge in [0.2, 0.25) is 0 Å². The fourth-order valence-electron chi connectivity index (χ4n) is 2.57. The Balaban J connectivity index is 0. The van der Waals surface area contributed by atoms with E-state index in [0.717, 1.165) is 0 Å². The number of hydrogen-bond acceptors (Lipinski definition) is 3. The van der Waals surface area contributed by atoms with Gasteiger partial charge in [-0.25, -0.2) is 0 Å². The van der Waals surface area contributed by atoms with Crippen LogP contribution in [-0.2, 0) is 0 Å². The molecule has 106 valence electrons. The predicted molar refractivity (Wildman–Crippen MR) is 60.9 cm³/mol. The van der Waals surface area contributed by atoms with Gasteiger partial charge in [-0.1, -0.05) is 27.7 Å². The largest absolute Gasteiger partial charge is 0.427 e. The van der Waals surface area contributed by atoms with Gasteiger partial charge in [0, 0.05) is 0 Å². The molecule has 0 amide bonds. The molecule has 0 aliphatic heterocycles. The van der Waals surface area contributed by atoms with Crippen LogP contribution in [0.5, 0.6) is 0 Å². The van der Waals surface area contributed by atoms with Gasteiger partial charge in [-0.05, 0) is 25.7 Å². The molecule has 5 heteroatoms. The van der Waals surface area contributed by atoms with E-state index in [1.807, 2.05) is 0 Å². The molecule has 0 spiro atoms. The van der Waals surface area contributed by atoms with Gasteiger partial charge in [-0.15, -0.1) is 0 Å². The van der Waals surface area contributed by atoms with E-state index in [4.69, 9.17) is 10.3 Å². The Labute approximate surface area is 115 Å². The monoisotopic (exact) mass is 361 g/mol. The minimum atomic E-state index is -4.01. The lowest BCUT2D eigenvalue weighted by molar-refractivity contribution is -1.73. The summed E-state index contributed by atoms with van der Waals surface area (Å²) in [6.07, 6.45) is 5.33. The van der Waals surface area contributed by atoms with Gasteiger partial charge < -0.3 is 14.8 Å². The van der Waals surface area contributed by atoms with E-state index in [-0.39, 0.29) is 0 Å². The highest BCUT2D eigenvalue weighted by Gasteiger charge is 2.22.